The molecule has 3 aromatic carbocycles. The summed E-state index contributed by atoms with van der Waals surface area (Å²) in [5.74, 6) is 0.847. The summed E-state index contributed by atoms with van der Waals surface area (Å²) >= 11 is 12.5. The second kappa shape index (κ2) is 7.36. The van der Waals surface area contributed by atoms with Gasteiger partial charge in [-0.05, 0) is 42.0 Å². The minimum absolute atomic E-state index is 0.334. The molecule has 0 saturated carbocycles. The Morgan fingerprint density at radius 3 is 2.56 bits per heavy atom. The number of benzene rings is 3. The standard InChI is InChI=1S/C24H15Cl2FN4O/c25-14-7-5-13(6-8-14)23-20-21(17-11-15(26)9-10-19(17)32-23)30-24-28-12-29-31(24)22(20)16-3-1-2-4-18(16)27/h1-12,22-23H,(H,28,29,30)/t22-,23-/m0/s1. The summed E-state index contributed by atoms with van der Waals surface area (Å²) in [5.41, 5.74) is 3.73. The highest BCUT2D eigenvalue weighted by Crippen LogP contribution is 2.51. The molecule has 0 unspecified atom stereocenters. The number of rotatable bonds is 2. The fourth-order valence-corrected chi connectivity index (χ4v) is 4.65. The molecule has 32 heavy (non-hydrogen) atoms. The average molecular weight is 465 g/mol. The van der Waals surface area contributed by atoms with Crippen molar-refractivity contribution >= 4 is 34.8 Å². The van der Waals surface area contributed by atoms with E-state index < -0.39 is 12.1 Å². The number of hydrogen-bond donors (Lipinski definition) is 1. The van der Waals surface area contributed by atoms with Crippen molar-refractivity contribution in [2.45, 2.75) is 12.1 Å². The van der Waals surface area contributed by atoms with E-state index in [1.165, 1.54) is 12.4 Å². The van der Waals surface area contributed by atoms with Crippen molar-refractivity contribution < 1.29 is 9.13 Å². The van der Waals surface area contributed by atoms with E-state index in [1.54, 1.807) is 22.9 Å². The zero-order chi connectivity index (χ0) is 21.8. The molecule has 2 aliphatic heterocycles. The van der Waals surface area contributed by atoms with Crippen LogP contribution >= 0.6 is 23.2 Å². The maximum Gasteiger partial charge on any atom is 0.226 e. The topological polar surface area (TPSA) is 52.0 Å². The molecule has 0 spiro atoms. The number of anilines is 1. The Hall–Kier alpha value is -3.35. The quantitative estimate of drug-likeness (QED) is 0.379. The van der Waals surface area contributed by atoms with Crippen molar-refractivity contribution in [1.29, 1.82) is 0 Å². The summed E-state index contributed by atoms with van der Waals surface area (Å²) in [6.07, 6.45) is 0.941. The molecule has 0 radical (unpaired) electrons. The molecule has 6 rings (SSSR count). The average Bonchev–Trinajstić information content (AvgIpc) is 3.27. The molecule has 1 aromatic heterocycles. The van der Waals surface area contributed by atoms with E-state index in [0.29, 0.717) is 27.3 Å². The number of aromatic nitrogens is 3. The Kier molecular flexibility index (Phi) is 4.45. The van der Waals surface area contributed by atoms with Crippen molar-refractivity contribution in [2.24, 2.45) is 0 Å². The van der Waals surface area contributed by atoms with Gasteiger partial charge in [0.1, 0.15) is 30.0 Å². The van der Waals surface area contributed by atoms with Gasteiger partial charge in [0.15, 0.2) is 0 Å². The highest BCUT2D eigenvalue weighted by molar-refractivity contribution is 6.31. The molecule has 158 valence electrons. The minimum Gasteiger partial charge on any atom is -0.480 e. The molecule has 2 aliphatic rings. The van der Waals surface area contributed by atoms with Crippen LogP contribution in [0.25, 0.3) is 5.70 Å². The number of nitrogens with zero attached hydrogens (tertiary/aromatic N) is 3. The van der Waals surface area contributed by atoms with Gasteiger partial charge in [0, 0.05) is 26.7 Å². The Morgan fingerprint density at radius 1 is 0.969 bits per heavy atom. The summed E-state index contributed by atoms with van der Waals surface area (Å²) in [5, 5.41) is 8.97. The Balaban J connectivity index is 1.65. The highest BCUT2D eigenvalue weighted by atomic mass is 35.5. The third-order valence-corrected chi connectivity index (χ3v) is 6.24. The zero-order valence-corrected chi connectivity index (χ0v) is 18.0. The Bertz CT molecular complexity index is 1380. The number of ether oxygens (including phenoxy) is 1. The Labute approximate surface area is 193 Å². The van der Waals surface area contributed by atoms with Crippen LogP contribution in [0, 0.1) is 5.82 Å². The summed E-state index contributed by atoms with van der Waals surface area (Å²) in [7, 11) is 0. The lowest BCUT2D eigenvalue weighted by Gasteiger charge is -2.39. The van der Waals surface area contributed by atoms with Crippen LogP contribution in [-0.4, -0.2) is 14.8 Å². The molecule has 2 atom stereocenters. The van der Waals surface area contributed by atoms with Gasteiger partial charge < -0.3 is 10.1 Å². The predicted molar refractivity (Wildman–Crippen MR) is 121 cm³/mol. The van der Waals surface area contributed by atoms with Gasteiger partial charge in [-0.25, -0.2) is 9.07 Å². The molecule has 0 aliphatic carbocycles. The van der Waals surface area contributed by atoms with Crippen molar-refractivity contribution in [3.8, 4) is 5.75 Å². The second-order valence-corrected chi connectivity index (χ2v) is 8.47. The second-order valence-electron chi connectivity index (χ2n) is 7.60. The number of fused-ring (bicyclic) bond motifs is 3. The maximum absolute atomic E-state index is 15.1. The molecular formula is C24H15Cl2FN4O. The molecule has 4 aromatic rings. The van der Waals surface area contributed by atoms with E-state index in [4.69, 9.17) is 27.9 Å². The number of halogens is 3. The fourth-order valence-electron chi connectivity index (χ4n) is 4.35. The van der Waals surface area contributed by atoms with Gasteiger partial charge in [0.25, 0.3) is 0 Å². The van der Waals surface area contributed by atoms with Gasteiger partial charge in [-0.15, -0.1) is 0 Å². The lowest BCUT2D eigenvalue weighted by atomic mass is 9.84. The highest BCUT2D eigenvalue weighted by Gasteiger charge is 2.41. The number of hydrogen-bond acceptors (Lipinski definition) is 4. The van der Waals surface area contributed by atoms with Gasteiger partial charge in [0.05, 0.1) is 5.70 Å². The first-order valence-electron chi connectivity index (χ1n) is 9.97. The van der Waals surface area contributed by atoms with Crippen molar-refractivity contribution in [1.82, 2.24) is 14.8 Å². The molecule has 0 saturated heterocycles. The molecule has 8 heteroatoms. The van der Waals surface area contributed by atoms with Crippen molar-refractivity contribution in [2.75, 3.05) is 5.32 Å². The van der Waals surface area contributed by atoms with E-state index in [0.717, 1.165) is 22.4 Å². The van der Waals surface area contributed by atoms with E-state index in [-0.39, 0.29) is 5.82 Å². The van der Waals surface area contributed by atoms with Crippen LogP contribution in [0.2, 0.25) is 10.0 Å². The van der Waals surface area contributed by atoms with Gasteiger partial charge in [-0.2, -0.15) is 10.1 Å². The maximum atomic E-state index is 15.1. The van der Waals surface area contributed by atoms with Crippen molar-refractivity contribution in [3.63, 3.8) is 0 Å². The van der Waals surface area contributed by atoms with Crippen LogP contribution in [0.1, 0.15) is 28.8 Å². The largest absolute Gasteiger partial charge is 0.480 e. The van der Waals surface area contributed by atoms with E-state index in [1.807, 2.05) is 42.5 Å². The molecule has 0 amide bonds. The van der Waals surface area contributed by atoms with E-state index in [2.05, 4.69) is 15.4 Å². The third-order valence-electron chi connectivity index (χ3n) is 5.75. The third kappa shape index (κ3) is 2.98. The minimum atomic E-state index is -0.572. The number of nitrogens with one attached hydrogen (secondary N) is 1. The molecule has 5 nitrogen and oxygen atoms in total. The van der Waals surface area contributed by atoms with Crippen LogP contribution < -0.4 is 10.1 Å². The predicted octanol–water partition coefficient (Wildman–Crippen LogP) is 6.28. The van der Waals surface area contributed by atoms with Crippen LogP contribution in [-0.2, 0) is 0 Å². The molecule has 0 bridgehead atoms. The molecule has 1 N–H and O–H groups in total. The summed E-state index contributed by atoms with van der Waals surface area (Å²) in [6.45, 7) is 0. The first kappa shape index (κ1) is 19.3. The first-order chi connectivity index (χ1) is 15.6. The normalized spacial score (nSPS) is 18.8. The lowest BCUT2D eigenvalue weighted by Crippen LogP contribution is -2.32. The van der Waals surface area contributed by atoms with E-state index >= 15 is 4.39 Å². The summed E-state index contributed by atoms with van der Waals surface area (Å²) < 4.78 is 23.3. The van der Waals surface area contributed by atoms with Crippen LogP contribution in [0.4, 0.5) is 10.3 Å². The Morgan fingerprint density at radius 2 is 1.75 bits per heavy atom. The zero-order valence-electron chi connectivity index (χ0n) is 16.5. The van der Waals surface area contributed by atoms with E-state index in [9.17, 15) is 0 Å². The van der Waals surface area contributed by atoms with Crippen LogP contribution in [0.3, 0.4) is 0 Å². The SMILES string of the molecule is Fc1ccccc1[C@H]1C2=C(Nc3ncnn31)c1cc(Cl)ccc1O[C@H]2c1ccc(Cl)cc1. The van der Waals surface area contributed by atoms with Crippen LogP contribution in [0.5, 0.6) is 5.75 Å². The molecule has 0 fully saturated rings. The summed E-state index contributed by atoms with van der Waals surface area (Å²) in [6, 6.07) is 19.0. The van der Waals surface area contributed by atoms with Gasteiger partial charge in [-0.1, -0.05) is 53.5 Å². The fraction of sp³-hybridized carbons (Fsp3) is 0.0833. The van der Waals surface area contributed by atoms with Crippen molar-refractivity contribution in [3.05, 3.63) is 111 Å². The summed E-state index contributed by atoms with van der Waals surface area (Å²) in [4.78, 5) is 4.35. The van der Waals surface area contributed by atoms with Gasteiger partial charge in [0.2, 0.25) is 5.95 Å². The molecule has 3 heterocycles. The smallest absolute Gasteiger partial charge is 0.226 e. The molecular weight excluding hydrogens is 450 g/mol. The first-order valence-corrected chi connectivity index (χ1v) is 10.7. The van der Waals surface area contributed by atoms with Crippen LogP contribution in [0.15, 0.2) is 78.6 Å². The monoisotopic (exact) mass is 464 g/mol. The van der Waals surface area contributed by atoms with Gasteiger partial charge in [-0.3, -0.25) is 0 Å². The lowest BCUT2D eigenvalue weighted by molar-refractivity contribution is 0.222. The van der Waals surface area contributed by atoms with Gasteiger partial charge >= 0.3 is 0 Å².